The molecule has 2 N–H and O–H groups in total. The number of hydrogen-bond donors (Lipinski definition) is 1. The van der Waals surface area contributed by atoms with Crippen molar-refractivity contribution in [3.8, 4) is 11.1 Å². The summed E-state index contributed by atoms with van der Waals surface area (Å²) in [5, 5.41) is 3.52. The Kier molecular flexibility index (Phi) is 6.23. The fourth-order valence-electron chi connectivity index (χ4n) is 2.82. The highest BCUT2D eigenvalue weighted by Gasteiger charge is 2.40. The molecule has 1 aliphatic carbocycles. The summed E-state index contributed by atoms with van der Waals surface area (Å²) in [5.41, 5.74) is -1.78. The van der Waals surface area contributed by atoms with Gasteiger partial charge in [-0.3, -0.25) is 0 Å². The smallest absolute Gasteiger partial charge is 0.225 e. The van der Waals surface area contributed by atoms with Gasteiger partial charge in [0.2, 0.25) is 10.0 Å². The lowest BCUT2D eigenvalue weighted by Gasteiger charge is -2.28. The molecule has 160 valence electrons. The van der Waals surface area contributed by atoms with Crippen LogP contribution in [0.25, 0.3) is 16.7 Å². The molecule has 3 rings (SSSR count). The van der Waals surface area contributed by atoms with Crippen LogP contribution >= 0.6 is 46.4 Å². The van der Waals surface area contributed by atoms with Gasteiger partial charge in [-0.2, -0.15) is 0 Å². The van der Waals surface area contributed by atoms with Crippen LogP contribution in [0.4, 0.5) is 17.6 Å². The third-order valence-corrected chi connectivity index (χ3v) is 7.38. The molecule has 2 aromatic carbocycles. The van der Waals surface area contributed by atoms with Crippen LogP contribution in [-0.4, -0.2) is 18.1 Å². The highest BCUT2D eigenvalue weighted by molar-refractivity contribution is 7.89. The van der Waals surface area contributed by atoms with Crippen LogP contribution in [0.3, 0.4) is 0 Å². The molecular weight excluding hydrogens is 512 g/mol. The van der Waals surface area contributed by atoms with Gasteiger partial charge in [-0.1, -0.05) is 53.0 Å². The van der Waals surface area contributed by atoms with Gasteiger partial charge in [0, 0.05) is 11.1 Å². The van der Waals surface area contributed by atoms with Crippen molar-refractivity contribution in [3.63, 3.8) is 0 Å². The first kappa shape index (κ1) is 23.4. The minimum atomic E-state index is -4.08. The van der Waals surface area contributed by atoms with E-state index in [0.29, 0.717) is 0 Å². The SMILES string of the molecule is NS(=O)(=O)c1ccc(-c2c(F)c(F)c(F)c(F)c2C2=CC(Cl)C(Cl)(Cl)C(Cl)=C2)cc1. The van der Waals surface area contributed by atoms with Crippen LogP contribution in [0.1, 0.15) is 5.56 Å². The highest BCUT2D eigenvalue weighted by Crippen LogP contribution is 2.47. The second kappa shape index (κ2) is 8.00. The van der Waals surface area contributed by atoms with Crippen LogP contribution in [0.15, 0.2) is 46.3 Å². The summed E-state index contributed by atoms with van der Waals surface area (Å²) >= 11 is 24.0. The van der Waals surface area contributed by atoms with Crippen molar-refractivity contribution in [2.24, 2.45) is 5.14 Å². The molecule has 0 bridgehead atoms. The number of nitrogens with two attached hydrogens (primary N) is 1. The van der Waals surface area contributed by atoms with Gasteiger partial charge in [0.1, 0.15) is 0 Å². The third kappa shape index (κ3) is 3.97. The Morgan fingerprint density at radius 3 is 1.87 bits per heavy atom. The van der Waals surface area contributed by atoms with Crippen molar-refractivity contribution < 1.29 is 26.0 Å². The standard InChI is InChI=1S/C18H9Cl4F4NO2S/c19-10-5-8(6-11(20)18(10,21)22)13-12(14(23)16(25)17(26)15(13)24)7-1-3-9(4-2-7)30(27,28)29/h1-6,10H,(H2,27,28,29). The summed E-state index contributed by atoms with van der Waals surface area (Å²) in [6.45, 7) is 0. The molecule has 2 aromatic rings. The topological polar surface area (TPSA) is 60.2 Å². The zero-order chi connectivity index (χ0) is 22.6. The van der Waals surface area contributed by atoms with E-state index in [2.05, 4.69) is 0 Å². The second-order valence-corrected chi connectivity index (χ2v) is 10.0. The molecule has 0 aromatic heterocycles. The predicted molar refractivity (Wildman–Crippen MR) is 109 cm³/mol. The van der Waals surface area contributed by atoms with Gasteiger partial charge in [0.05, 0.1) is 15.3 Å². The Morgan fingerprint density at radius 2 is 1.40 bits per heavy atom. The van der Waals surface area contributed by atoms with Crippen molar-refractivity contribution in [1.29, 1.82) is 0 Å². The fraction of sp³-hybridized carbons (Fsp3) is 0.111. The summed E-state index contributed by atoms with van der Waals surface area (Å²) in [4.78, 5) is -0.328. The molecule has 0 heterocycles. The van der Waals surface area contributed by atoms with E-state index in [0.717, 1.165) is 36.4 Å². The minimum Gasteiger partial charge on any atom is -0.225 e. The maximum Gasteiger partial charge on any atom is 0.238 e. The molecule has 0 fully saturated rings. The highest BCUT2D eigenvalue weighted by atomic mass is 35.5. The number of halogens is 8. The summed E-state index contributed by atoms with van der Waals surface area (Å²) in [6, 6.07) is 4.10. The first-order chi connectivity index (χ1) is 13.8. The Morgan fingerprint density at radius 1 is 0.900 bits per heavy atom. The fourth-order valence-corrected chi connectivity index (χ4v) is 4.11. The van der Waals surface area contributed by atoms with E-state index in [-0.39, 0.29) is 21.1 Å². The van der Waals surface area contributed by atoms with Crippen LogP contribution in [0, 0.1) is 23.3 Å². The zero-order valence-corrected chi connectivity index (χ0v) is 18.2. The number of sulfonamides is 1. The molecule has 0 aliphatic heterocycles. The van der Waals surface area contributed by atoms with Crippen molar-refractivity contribution in [2.45, 2.75) is 14.6 Å². The lowest BCUT2D eigenvalue weighted by Crippen LogP contribution is -2.28. The van der Waals surface area contributed by atoms with Crippen molar-refractivity contribution in [2.75, 3.05) is 0 Å². The summed E-state index contributed by atoms with van der Waals surface area (Å²) < 4.78 is 78.6. The normalized spacial score (nSPS) is 18.8. The molecular formula is C18H9Cl4F4NO2S. The number of rotatable bonds is 3. The molecule has 0 saturated carbocycles. The van der Waals surface area contributed by atoms with Crippen LogP contribution < -0.4 is 5.14 Å². The van der Waals surface area contributed by atoms with E-state index in [9.17, 15) is 26.0 Å². The van der Waals surface area contributed by atoms with E-state index >= 15 is 0 Å². The van der Waals surface area contributed by atoms with Crippen molar-refractivity contribution in [3.05, 3.63) is 70.3 Å². The van der Waals surface area contributed by atoms with Gasteiger partial charge >= 0.3 is 0 Å². The lowest BCUT2D eigenvalue weighted by atomic mass is 9.90. The van der Waals surface area contributed by atoms with Gasteiger partial charge in [-0.05, 0) is 29.3 Å². The molecule has 0 amide bonds. The van der Waals surface area contributed by atoms with Crippen molar-refractivity contribution in [1.82, 2.24) is 0 Å². The van der Waals surface area contributed by atoms with Crippen LogP contribution in [-0.2, 0) is 10.0 Å². The third-order valence-electron chi connectivity index (χ3n) is 4.30. The maximum absolute atomic E-state index is 14.8. The summed E-state index contributed by atoms with van der Waals surface area (Å²) in [6.07, 6.45) is 2.14. The zero-order valence-electron chi connectivity index (χ0n) is 14.4. The minimum absolute atomic E-state index is 0.169. The molecule has 0 saturated heterocycles. The molecule has 1 aliphatic rings. The van der Waals surface area contributed by atoms with Gasteiger partial charge < -0.3 is 0 Å². The Balaban J connectivity index is 2.33. The number of alkyl halides is 3. The van der Waals surface area contributed by atoms with E-state index in [4.69, 9.17) is 51.5 Å². The van der Waals surface area contributed by atoms with Crippen LogP contribution in [0.5, 0.6) is 0 Å². The lowest BCUT2D eigenvalue weighted by molar-refractivity contribution is 0.409. The first-order valence-electron chi connectivity index (χ1n) is 7.87. The summed E-state index contributed by atoms with van der Waals surface area (Å²) in [5.74, 6) is -7.54. The Hall–Kier alpha value is -1.29. The van der Waals surface area contributed by atoms with Crippen molar-refractivity contribution >= 4 is 62.0 Å². The van der Waals surface area contributed by atoms with Gasteiger partial charge in [-0.25, -0.2) is 31.1 Å². The van der Waals surface area contributed by atoms with Gasteiger partial charge in [-0.15, -0.1) is 11.6 Å². The Bertz CT molecular complexity index is 1210. The average molecular weight is 521 g/mol. The number of benzene rings is 2. The molecule has 1 atom stereocenters. The van der Waals surface area contributed by atoms with E-state index in [1.54, 1.807) is 0 Å². The van der Waals surface area contributed by atoms with Gasteiger partial charge in [0.15, 0.2) is 27.6 Å². The molecule has 3 nitrogen and oxygen atoms in total. The molecule has 0 spiro atoms. The van der Waals surface area contributed by atoms with E-state index < -0.39 is 54.1 Å². The first-order valence-corrected chi connectivity index (χ1v) is 11.0. The summed E-state index contributed by atoms with van der Waals surface area (Å²) in [7, 11) is -4.08. The average Bonchev–Trinajstić information content (AvgIpc) is 2.66. The monoisotopic (exact) mass is 519 g/mol. The van der Waals surface area contributed by atoms with Gasteiger partial charge in [0.25, 0.3) is 0 Å². The largest absolute Gasteiger partial charge is 0.238 e. The van der Waals surface area contributed by atoms with E-state index in [1.165, 1.54) is 0 Å². The molecule has 12 heteroatoms. The number of primary sulfonamides is 1. The Labute approximate surface area is 188 Å². The second-order valence-electron chi connectivity index (χ2n) is 6.21. The quantitative estimate of drug-likeness (QED) is 0.238. The molecule has 30 heavy (non-hydrogen) atoms. The number of hydrogen-bond acceptors (Lipinski definition) is 2. The predicted octanol–water partition coefficient (Wildman–Crippen LogP) is 5.86. The number of allylic oxidation sites excluding steroid dienone is 4. The molecule has 1 unspecified atom stereocenters. The van der Waals surface area contributed by atoms with E-state index in [1.807, 2.05) is 0 Å². The van der Waals surface area contributed by atoms with Crippen LogP contribution in [0.2, 0.25) is 0 Å². The molecule has 0 radical (unpaired) electrons. The maximum atomic E-state index is 14.8.